The topological polar surface area (TPSA) is 43.4 Å². The van der Waals surface area contributed by atoms with Crippen molar-refractivity contribution < 1.29 is 12.6 Å². The molecule has 0 saturated heterocycles. The van der Waals surface area contributed by atoms with Gasteiger partial charge >= 0.3 is 0 Å². The Kier molecular flexibility index (Phi) is 4.37. The summed E-state index contributed by atoms with van der Waals surface area (Å²) >= 11 is 8.47. The summed E-state index contributed by atoms with van der Waals surface area (Å²) in [7, 11) is -3.68. The second-order valence-corrected chi connectivity index (χ2v) is 5.21. The van der Waals surface area contributed by atoms with Crippen molar-refractivity contribution >= 4 is 37.6 Å². The summed E-state index contributed by atoms with van der Waals surface area (Å²) in [4.78, 5) is 0.116. The molecule has 0 aliphatic heterocycles. The van der Waals surface area contributed by atoms with Gasteiger partial charge in [0.25, 0.3) is 10.1 Å². The van der Waals surface area contributed by atoms with Crippen LogP contribution in [0.2, 0.25) is 0 Å². The normalized spacial score (nSPS) is 11.6. The molecule has 1 rings (SSSR count). The first kappa shape index (κ1) is 12.0. The van der Waals surface area contributed by atoms with E-state index in [1.807, 2.05) is 0 Å². The molecule has 0 radical (unpaired) electrons. The fraction of sp³-hybridized carbons (Fsp3) is 0.250. The third-order valence-corrected chi connectivity index (χ3v) is 3.90. The monoisotopic (exact) mass is 298 g/mol. The van der Waals surface area contributed by atoms with Gasteiger partial charge in [-0.1, -0.05) is 12.1 Å². The van der Waals surface area contributed by atoms with Gasteiger partial charge < -0.3 is 0 Å². The first-order valence-corrected chi connectivity index (χ1v) is 6.51. The Morgan fingerprint density at radius 3 is 2.57 bits per heavy atom. The molecule has 6 heteroatoms. The predicted octanol–water partition coefficient (Wildman–Crippen LogP) is 2.39. The SMILES string of the molecule is O=S(=O)(OCCCl)c1ccccc1Br. The van der Waals surface area contributed by atoms with E-state index < -0.39 is 10.1 Å². The number of hydrogen-bond donors (Lipinski definition) is 0. The maximum absolute atomic E-state index is 11.5. The molecule has 0 aromatic heterocycles. The van der Waals surface area contributed by atoms with Crippen LogP contribution in [0.5, 0.6) is 0 Å². The molecule has 0 unspecified atom stereocenters. The highest BCUT2D eigenvalue weighted by Gasteiger charge is 2.17. The fourth-order valence-electron chi connectivity index (χ4n) is 0.852. The van der Waals surface area contributed by atoms with Crippen LogP contribution in [0.1, 0.15) is 0 Å². The van der Waals surface area contributed by atoms with Crippen LogP contribution in [0.3, 0.4) is 0 Å². The predicted molar refractivity (Wildman–Crippen MR) is 58.0 cm³/mol. The molecule has 0 spiro atoms. The lowest BCUT2D eigenvalue weighted by molar-refractivity contribution is 0.340. The lowest BCUT2D eigenvalue weighted by atomic mass is 10.4. The lowest BCUT2D eigenvalue weighted by Crippen LogP contribution is -2.08. The summed E-state index contributed by atoms with van der Waals surface area (Å²) in [6.07, 6.45) is 0. The average Bonchev–Trinajstić information content (AvgIpc) is 2.15. The minimum Gasteiger partial charge on any atom is -0.265 e. The molecule has 1 aromatic carbocycles. The van der Waals surface area contributed by atoms with E-state index in [4.69, 9.17) is 11.6 Å². The molecule has 0 bridgehead atoms. The molecule has 0 saturated carbocycles. The summed E-state index contributed by atoms with van der Waals surface area (Å²) in [6.45, 7) is -0.0226. The van der Waals surface area contributed by atoms with Gasteiger partial charge in [-0.05, 0) is 28.1 Å². The molecule has 0 aliphatic carbocycles. The molecule has 0 aliphatic rings. The highest BCUT2D eigenvalue weighted by Crippen LogP contribution is 2.22. The van der Waals surface area contributed by atoms with Gasteiger partial charge in [0.2, 0.25) is 0 Å². The van der Waals surface area contributed by atoms with Crippen molar-refractivity contribution in [3.63, 3.8) is 0 Å². The van der Waals surface area contributed by atoms with E-state index in [2.05, 4.69) is 20.1 Å². The third kappa shape index (κ3) is 2.95. The number of benzene rings is 1. The van der Waals surface area contributed by atoms with Crippen molar-refractivity contribution in [2.24, 2.45) is 0 Å². The van der Waals surface area contributed by atoms with Crippen LogP contribution >= 0.6 is 27.5 Å². The fourth-order valence-corrected chi connectivity index (χ4v) is 2.88. The van der Waals surface area contributed by atoms with Gasteiger partial charge in [0.05, 0.1) is 6.61 Å². The third-order valence-electron chi connectivity index (χ3n) is 1.42. The van der Waals surface area contributed by atoms with E-state index in [9.17, 15) is 8.42 Å². The Balaban J connectivity index is 2.99. The summed E-state index contributed by atoms with van der Waals surface area (Å²) in [5, 5.41) is 0. The Bertz CT molecular complexity index is 405. The summed E-state index contributed by atoms with van der Waals surface area (Å²) in [5.41, 5.74) is 0. The molecule has 1 aromatic rings. The zero-order chi connectivity index (χ0) is 10.6. The van der Waals surface area contributed by atoms with Crippen LogP contribution in [-0.4, -0.2) is 20.9 Å². The van der Waals surface area contributed by atoms with Crippen molar-refractivity contribution in [2.75, 3.05) is 12.5 Å². The van der Waals surface area contributed by atoms with Crippen molar-refractivity contribution in [3.05, 3.63) is 28.7 Å². The maximum Gasteiger partial charge on any atom is 0.298 e. The van der Waals surface area contributed by atoms with E-state index >= 15 is 0 Å². The molecule has 0 fully saturated rings. The van der Waals surface area contributed by atoms with Crippen LogP contribution < -0.4 is 0 Å². The summed E-state index contributed by atoms with van der Waals surface area (Å²) in [6, 6.07) is 6.46. The zero-order valence-corrected chi connectivity index (χ0v) is 10.3. The Morgan fingerprint density at radius 1 is 1.36 bits per heavy atom. The molecule has 78 valence electrons. The quantitative estimate of drug-likeness (QED) is 0.633. The van der Waals surface area contributed by atoms with Crippen LogP contribution in [-0.2, 0) is 14.3 Å². The molecular weight excluding hydrogens is 292 g/mol. The summed E-state index contributed by atoms with van der Waals surface area (Å²) in [5.74, 6) is 0.143. The van der Waals surface area contributed by atoms with Gasteiger partial charge in [-0.15, -0.1) is 11.6 Å². The second-order valence-electron chi connectivity index (χ2n) is 2.40. The van der Waals surface area contributed by atoms with Crippen molar-refractivity contribution in [2.45, 2.75) is 4.90 Å². The lowest BCUT2D eigenvalue weighted by Gasteiger charge is -2.05. The van der Waals surface area contributed by atoms with Crippen LogP contribution in [0.25, 0.3) is 0 Å². The highest BCUT2D eigenvalue weighted by molar-refractivity contribution is 9.10. The van der Waals surface area contributed by atoms with Gasteiger partial charge in [0.15, 0.2) is 0 Å². The molecule has 0 N–H and O–H groups in total. The molecule has 0 atom stereocenters. The van der Waals surface area contributed by atoms with Gasteiger partial charge in [-0.3, -0.25) is 4.18 Å². The second kappa shape index (κ2) is 5.11. The van der Waals surface area contributed by atoms with Crippen molar-refractivity contribution in [1.29, 1.82) is 0 Å². The van der Waals surface area contributed by atoms with Crippen LogP contribution in [0, 0.1) is 0 Å². The Morgan fingerprint density at radius 2 is 2.00 bits per heavy atom. The molecule has 0 amide bonds. The standard InChI is InChI=1S/C8H8BrClO3S/c9-7-3-1-2-4-8(7)14(11,12)13-6-5-10/h1-4H,5-6H2. The van der Waals surface area contributed by atoms with Gasteiger partial charge in [-0.2, -0.15) is 8.42 Å². The van der Waals surface area contributed by atoms with Gasteiger partial charge in [-0.25, -0.2) is 0 Å². The van der Waals surface area contributed by atoms with Crippen molar-refractivity contribution in [3.8, 4) is 0 Å². The first-order chi connectivity index (χ1) is 6.58. The van der Waals surface area contributed by atoms with E-state index in [0.29, 0.717) is 4.47 Å². The maximum atomic E-state index is 11.5. The number of rotatable bonds is 4. The number of halogens is 2. The number of alkyl halides is 1. The average molecular weight is 300 g/mol. The van der Waals surface area contributed by atoms with Crippen LogP contribution in [0.15, 0.2) is 33.6 Å². The van der Waals surface area contributed by atoms with Gasteiger partial charge in [0.1, 0.15) is 4.90 Å². The molecular formula is C8H8BrClO3S. The molecule has 14 heavy (non-hydrogen) atoms. The Hall–Kier alpha value is -0.100. The van der Waals surface area contributed by atoms with E-state index in [1.54, 1.807) is 18.2 Å². The van der Waals surface area contributed by atoms with Crippen molar-refractivity contribution in [1.82, 2.24) is 0 Å². The minimum atomic E-state index is -3.68. The molecule has 3 nitrogen and oxygen atoms in total. The minimum absolute atomic E-state index is 0.0226. The number of hydrogen-bond acceptors (Lipinski definition) is 3. The van der Waals surface area contributed by atoms with E-state index in [0.717, 1.165) is 0 Å². The van der Waals surface area contributed by atoms with E-state index in [1.165, 1.54) is 6.07 Å². The first-order valence-electron chi connectivity index (χ1n) is 3.78. The largest absolute Gasteiger partial charge is 0.298 e. The van der Waals surface area contributed by atoms with Crippen LogP contribution in [0.4, 0.5) is 0 Å². The highest BCUT2D eigenvalue weighted by atomic mass is 79.9. The zero-order valence-electron chi connectivity index (χ0n) is 7.11. The van der Waals surface area contributed by atoms with Gasteiger partial charge in [0, 0.05) is 10.4 Å². The smallest absolute Gasteiger partial charge is 0.265 e. The van der Waals surface area contributed by atoms with E-state index in [-0.39, 0.29) is 17.4 Å². The Labute approximate surface area is 96.3 Å². The molecule has 0 heterocycles. The summed E-state index contributed by atoms with van der Waals surface area (Å²) < 4.78 is 28.1.